The summed E-state index contributed by atoms with van der Waals surface area (Å²) in [5, 5.41) is 5.29. The lowest BCUT2D eigenvalue weighted by atomic mass is 10.2. The zero-order valence-corrected chi connectivity index (χ0v) is 12.2. The van der Waals surface area contributed by atoms with Gasteiger partial charge in [-0.05, 0) is 24.9 Å². The lowest BCUT2D eigenvalue weighted by Gasteiger charge is -2.21. The summed E-state index contributed by atoms with van der Waals surface area (Å²) in [6.07, 6.45) is 5.95. The molecule has 1 fully saturated rings. The molecule has 2 rings (SSSR count). The van der Waals surface area contributed by atoms with Crippen molar-refractivity contribution in [2.75, 3.05) is 23.9 Å². The Balaban J connectivity index is 1.91. The lowest BCUT2D eigenvalue weighted by Crippen LogP contribution is -2.20. The van der Waals surface area contributed by atoms with Gasteiger partial charge in [-0.1, -0.05) is 29.8 Å². The van der Waals surface area contributed by atoms with Gasteiger partial charge in [0.25, 0.3) is 0 Å². The largest absolute Gasteiger partial charge is 0.369 e. The number of thioether (sulfide) groups is 2. The predicted octanol–water partition coefficient (Wildman–Crippen LogP) is 3.55. The van der Waals surface area contributed by atoms with E-state index < -0.39 is 0 Å². The van der Waals surface area contributed by atoms with E-state index in [1.54, 1.807) is 6.07 Å². The molecule has 1 N–H and O–H groups in total. The molecule has 1 aliphatic heterocycles. The summed E-state index contributed by atoms with van der Waals surface area (Å²) in [4.78, 5) is 8.50. The summed E-state index contributed by atoms with van der Waals surface area (Å²) in [5.41, 5.74) is 0. The molecule has 1 aliphatic rings. The standard InChI is InChI=1S/C11H16ClN3S2/c1-16-11-14-9(12)6-10(15-11)13-7-8-4-2-3-5-17-8/h6,8H,2-5,7H2,1H3,(H,13,14,15). The molecule has 0 amide bonds. The second-order valence-electron chi connectivity index (χ2n) is 3.93. The van der Waals surface area contributed by atoms with Crippen LogP contribution in [0, 0.1) is 0 Å². The molecule has 0 radical (unpaired) electrons. The summed E-state index contributed by atoms with van der Waals surface area (Å²) in [6.45, 7) is 0.964. The van der Waals surface area contributed by atoms with Gasteiger partial charge in [-0.2, -0.15) is 11.8 Å². The van der Waals surface area contributed by atoms with Crippen molar-refractivity contribution in [3.8, 4) is 0 Å². The van der Waals surface area contributed by atoms with Gasteiger partial charge >= 0.3 is 0 Å². The molecule has 1 aromatic heterocycles. The van der Waals surface area contributed by atoms with Crippen LogP contribution in [0.3, 0.4) is 0 Å². The number of anilines is 1. The van der Waals surface area contributed by atoms with Crippen molar-refractivity contribution in [2.24, 2.45) is 0 Å². The second-order valence-corrected chi connectivity index (χ2v) is 6.50. The number of nitrogens with one attached hydrogen (secondary N) is 1. The molecular weight excluding hydrogens is 274 g/mol. The highest BCUT2D eigenvalue weighted by Crippen LogP contribution is 2.25. The number of hydrogen-bond acceptors (Lipinski definition) is 5. The first-order valence-corrected chi connectivity index (χ1v) is 8.37. The van der Waals surface area contributed by atoms with Crippen molar-refractivity contribution in [3.63, 3.8) is 0 Å². The Morgan fingerprint density at radius 2 is 2.41 bits per heavy atom. The molecule has 6 heteroatoms. The molecule has 0 aliphatic carbocycles. The van der Waals surface area contributed by atoms with Crippen LogP contribution in [0.4, 0.5) is 5.82 Å². The predicted molar refractivity (Wildman–Crippen MR) is 77.4 cm³/mol. The van der Waals surface area contributed by atoms with Crippen LogP contribution in [-0.2, 0) is 0 Å². The van der Waals surface area contributed by atoms with Gasteiger partial charge in [-0.3, -0.25) is 0 Å². The van der Waals surface area contributed by atoms with Crippen LogP contribution in [0.15, 0.2) is 11.2 Å². The smallest absolute Gasteiger partial charge is 0.190 e. The molecule has 1 aromatic rings. The Kier molecular flexibility index (Phi) is 5.25. The number of nitrogens with zero attached hydrogens (tertiary/aromatic N) is 2. The molecule has 1 atom stereocenters. The minimum atomic E-state index is 0.503. The Morgan fingerprint density at radius 3 is 3.12 bits per heavy atom. The minimum Gasteiger partial charge on any atom is -0.369 e. The van der Waals surface area contributed by atoms with E-state index in [9.17, 15) is 0 Å². The fourth-order valence-electron chi connectivity index (χ4n) is 1.77. The Hall–Kier alpha value is -0.130. The first kappa shape index (κ1) is 13.3. The topological polar surface area (TPSA) is 37.8 Å². The fraction of sp³-hybridized carbons (Fsp3) is 0.636. The van der Waals surface area contributed by atoms with E-state index in [0.717, 1.165) is 17.5 Å². The van der Waals surface area contributed by atoms with Gasteiger partial charge in [0.05, 0.1) is 0 Å². The van der Waals surface area contributed by atoms with Gasteiger partial charge in [0.1, 0.15) is 11.0 Å². The van der Waals surface area contributed by atoms with Crippen LogP contribution in [-0.4, -0.2) is 33.8 Å². The van der Waals surface area contributed by atoms with Crippen LogP contribution in [0.5, 0.6) is 0 Å². The zero-order chi connectivity index (χ0) is 12.1. The molecule has 94 valence electrons. The highest BCUT2D eigenvalue weighted by Gasteiger charge is 2.13. The van der Waals surface area contributed by atoms with Crippen LogP contribution in [0.2, 0.25) is 5.15 Å². The molecule has 1 saturated heterocycles. The quantitative estimate of drug-likeness (QED) is 0.521. The van der Waals surface area contributed by atoms with Crippen molar-refractivity contribution in [2.45, 2.75) is 29.7 Å². The molecule has 1 unspecified atom stereocenters. The van der Waals surface area contributed by atoms with E-state index in [4.69, 9.17) is 11.6 Å². The third-order valence-electron chi connectivity index (χ3n) is 2.64. The lowest BCUT2D eigenvalue weighted by molar-refractivity contribution is 0.676. The summed E-state index contributed by atoms with van der Waals surface area (Å²) in [5.74, 6) is 2.12. The second kappa shape index (κ2) is 6.71. The highest BCUT2D eigenvalue weighted by molar-refractivity contribution is 8.00. The van der Waals surface area contributed by atoms with Crippen molar-refractivity contribution in [1.29, 1.82) is 0 Å². The van der Waals surface area contributed by atoms with Gasteiger partial charge in [0.2, 0.25) is 0 Å². The van der Waals surface area contributed by atoms with Crippen molar-refractivity contribution in [3.05, 3.63) is 11.2 Å². The van der Waals surface area contributed by atoms with Crippen molar-refractivity contribution in [1.82, 2.24) is 9.97 Å². The molecule has 0 saturated carbocycles. The van der Waals surface area contributed by atoms with Gasteiger partial charge < -0.3 is 5.32 Å². The molecule has 0 bridgehead atoms. The van der Waals surface area contributed by atoms with Crippen LogP contribution < -0.4 is 5.32 Å². The summed E-state index contributed by atoms with van der Waals surface area (Å²) in [7, 11) is 0. The van der Waals surface area contributed by atoms with E-state index in [1.165, 1.54) is 36.8 Å². The molecule has 17 heavy (non-hydrogen) atoms. The van der Waals surface area contributed by atoms with Gasteiger partial charge in [0, 0.05) is 17.9 Å². The number of aromatic nitrogens is 2. The Bertz CT molecular complexity index is 370. The van der Waals surface area contributed by atoms with E-state index in [1.807, 2.05) is 6.26 Å². The third kappa shape index (κ3) is 4.23. The summed E-state index contributed by atoms with van der Waals surface area (Å²) < 4.78 is 0. The molecule has 3 nitrogen and oxygen atoms in total. The summed E-state index contributed by atoms with van der Waals surface area (Å²) in [6, 6.07) is 1.79. The van der Waals surface area contributed by atoms with Gasteiger partial charge in [0.15, 0.2) is 5.16 Å². The molecule has 0 spiro atoms. The maximum absolute atomic E-state index is 5.94. The van der Waals surface area contributed by atoms with E-state index in [2.05, 4.69) is 27.0 Å². The Morgan fingerprint density at radius 1 is 1.53 bits per heavy atom. The highest BCUT2D eigenvalue weighted by atomic mass is 35.5. The average molecular weight is 290 g/mol. The van der Waals surface area contributed by atoms with Gasteiger partial charge in [-0.15, -0.1) is 0 Å². The molecular formula is C11H16ClN3S2. The minimum absolute atomic E-state index is 0.503. The maximum atomic E-state index is 5.94. The van der Waals surface area contributed by atoms with E-state index in [-0.39, 0.29) is 0 Å². The number of hydrogen-bond donors (Lipinski definition) is 1. The monoisotopic (exact) mass is 289 g/mol. The molecule has 2 heterocycles. The third-order valence-corrected chi connectivity index (χ3v) is 4.78. The van der Waals surface area contributed by atoms with Gasteiger partial charge in [-0.25, -0.2) is 9.97 Å². The first-order valence-electron chi connectivity index (χ1n) is 5.72. The van der Waals surface area contributed by atoms with E-state index >= 15 is 0 Å². The van der Waals surface area contributed by atoms with Crippen molar-refractivity contribution >= 4 is 40.9 Å². The van der Waals surface area contributed by atoms with Crippen molar-refractivity contribution < 1.29 is 0 Å². The van der Waals surface area contributed by atoms with Crippen LogP contribution in [0.25, 0.3) is 0 Å². The first-order chi connectivity index (χ1) is 8.28. The summed E-state index contributed by atoms with van der Waals surface area (Å²) >= 11 is 9.50. The van der Waals surface area contributed by atoms with E-state index in [0.29, 0.717) is 10.4 Å². The molecule has 0 aromatic carbocycles. The number of rotatable bonds is 4. The van der Waals surface area contributed by atoms with Crippen LogP contribution >= 0.6 is 35.1 Å². The Labute approximate surface area is 116 Å². The fourth-order valence-corrected chi connectivity index (χ4v) is 3.62. The maximum Gasteiger partial charge on any atom is 0.190 e. The normalized spacial score (nSPS) is 20.2. The SMILES string of the molecule is CSc1nc(Cl)cc(NCC2CCCCS2)n1. The zero-order valence-electron chi connectivity index (χ0n) is 9.78. The van der Waals surface area contributed by atoms with Crippen LogP contribution in [0.1, 0.15) is 19.3 Å². The number of halogens is 1. The average Bonchev–Trinajstić information content (AvgIpc) is 2.37.